The Morgan fingerprint density at radius 2 is 1.90 bits per heavy atom. The van der Waals surface area contributed by atoms with E-state index in [1.165, 1.54) is 12.4 Å². The second-order valence-electron chi connectivity index (χ2n) is 1.35. The first kappa shape index (κ1) is 7.20. The normalized spacial score (nSPS) is 11.4. The van der Waals surface area contributed by atoms with E-state index in [0.29, 0.717) is 4.96 Å². The highest BCUT2D eigenvalue weighted by atomic mass is 31.2. The van der Waals surface area contributed by atoms with E-state index in [4.69, 9.17) is 9.79 Å². The van der Waals surface area contributed by atoms with Crippen molar-refractivity contribution in [3.8, 4) is 0 Å². The van der Waals surface area contributed by atoms with Crippen LogP contribution in [0.5, 0.6) is 0 Å². The molecule has 1 rings (SSSR count). The minimum absolute atomic E-state index is 0.445. The van der Waals surface area contributed by atoms with Crippen molar-refractivity contribution in [2.24, 2.45) is 0 Å². The molecule has 0 spiro atoms. The van der Waals surface area contributed by atoms with Crippen LogP contribution < -0.4 is 4.62 Å². The molecule has 0 aromatic carbocycles. The lowest BCUT2D eigenvalue weighted by molar-refractivity contribution is 0.128. The van der Waals surface area contributed by atoms with E-state index in [2.05, 4.69) is 14.8 Å². The number of hydrogen-bond donors (Lipinski definition) is 2. The molecule has 0 aliphatic carbocycles. The van der Waals surface area contributed by atoms with Crippen molar-refractivity contribution in [3.05, 3.63) is 12.4 Å². The highest BCUT2D eigenvalue weighted by Gasteiger charge is 2.16. The third-order valence-corrected chi connectivity index (χ3v) is 0.936. The Labute approximate surface area is 55.4 Å². The molecular weight excluding hydrogens is 161 g/mol. The van der Waals surface area contributed by atoms with Crippen molar-refractivity contribution >= 4 is 7.82 Å². The zero-order valence-corrected chi connectivity index (χ0v) is 5.55. The number of nitrogens with zero attached hydrogens (tertiary/aromatic N) is 3. The number of aromatic nitrogens is 3. The Kier molecular flexibility index (Phi) is 1.71. The number of rotatable bonds is 2. The molecule has 8 heteroatoms. The van der Waals surface area contributed by atoms with Crippen LogP contribution in [-0.2, 0) is 4.57 Å². The van der Waals surface area contributed by atoms with Gasteiger partial charge in [0.05, 0.1) is 12.4 Å². The van der Waals surface area contributed by atoms with Crippen molar-refractivity contribution in [2.45, 2.75) is 0 Å². The van der Waals surface area contributed by atoms with Gasteiger partial charge in [-0.3, -0.25) is 14.4 Å². The maximum atomic E-state index is 10.1. The summed E-state index contributed by atoms with van der Waals surface area (Å²) in [4.78, 5) is 16.8. The van der Waals surface area contributed by atoms with Crippen LogP contribution in [0.15, 0.2) is 12.4 Å². The molecule has 0 saturated carbocycles. The lowest BCUT2D eigenvalue weighted by Crippen LogP contribution is -2.11. The van der Waals surface area contributed by atoms with E-state index in [1.807, 2.05) is 0 Å². The van der Waals surface area contributed by atoms with E-state index < -0.39 is 7.82 Å². The van der Waals surface area contributed by atoms with Gasteiger partial charge in [-0.2, -0.15) is 0 Å². The molecule has 0 aliphatic rings. The van der Waals surface area contributed by atoms with Gasteiger partial charge >= 0.3 is 7.82 Å². The van der Waals surface area contributed by atoms with Crippen molar-refractivity contribution in [3.63, 3.8) is 0 Å². The molecular formula is C2H4N3O4P. The average molecular weight is 165 g/mol. The molecule has 2 N–H and O–H groups in total. The average Bonchev–Trinajstić information content (AvgIpc) is 2.12. The Bertz CT molecular complexity index is 239. The fraction of sp³-hybridized carbons (Fsp3) is 0. The van der Waals surface area contributed by atoms with Crippen molar-refractivity contribution < 1.29 is 19.0 Å². The molecule has 0 amide bonds. The maximum Gasteiger partial charge on any atom is 0.546 e. The minimum Gasteiger partial charge on any atom is -0.292 e. The van der Waals surface area contributed by atoms with Gasteiger partial charge in [-0.15, -0.1) is 10.2 Å². The smallest absolute Gasteiger partial charge is 0.292 e. The highest BCUT2D eigenvalue weighted by molar-refractivity contribution is 7.46. The van der Waals surface area contributed by atoms with Crippen LogP contribution in [0.2, 0.25) is 0 Å². The lowest BCUT2D eigenvalue weighted by atomic mass is 11.0. The summed E-state index contributed by atoms with van der Waals surface area (Å²) in [5, 5.41) is 6.59. The van der Waals surface area contributed by atoms with Crippen LogP contribution in [0.1, 0.15) is 0 Å². The van der Waals surface area contributed by atoms with Crippen LogP contribution >= 0.6 is 7.82 Å². The van der Waals surface area contributed by atoms with Crippen molar-refractivity contribution in [1.82, 2.24) is 15.2 Å². The summed E-state index contributed by atoms with van der Waals surface area (Å²) >= 11 is 0. The number of phosphoric acid groups is 1. The second kappa shape index (κ2) is 2.37. The molecule has 10 heavy (non-hydrogen) atoms. The summed E-state index contributed by atoms with van der Waals surface area (Å²) in [7, 11) is -4.52. The Hall–Kier alpha value is -0.910. The zero-order valence-electron chi connectivity index (χ0n) is 4.65. The topological polar surface area (TPSA) is 97.5 Å². The third kappa shape index (κ3) is 2.14. The monoisotopic (exact) mass is 165 g/mol. The predicted molar refractivity (Wildman–Crippen MR) is 28.6 cm³/mol. The summed E-state index contributed by atoms with van der Waals surface area (Å²) in [6.45, 7) is 0. The molecule has 7 nitrogen and oxygen atoms in total. The predicted octanol–water partition coefficient (Wildman–Crippen LogP) is -1.20. The van der Waals surface area contributed by atoms with Gasteiger partial charge in [0.1, 0.15) is 0 Å². The Balaban J connectivity index is 2.66. The highest BCUT2D eigenvalue weighted by Crippen LogP contribution is 2.30. The van der Waals surface area contributed by atoms with Gasteiger partial charge in [-0.05, 0) is 0 Å². The molecule has 0 radical (unpaired) electrons. The summed E-state index contributed by atoms with van der Waals surface area (Å²) in [6, 6.07) is 0. The first-order valence-electron chi connectivity index (χ1n) is 2.20. The first-order chi connectivity index (χ1) is 4.58. The molecule has 1 aromatic heterocycles. The summed E-state index contributed by atoms with van der Waals surface area (Å²) in [5.41, 5.74) is 0. The molecule has 1 aromatic rings. The van der Waals surface area contributed by atoms with E-state index in [0.717, 1.165) is 0 Å². The molecule has 56 valence electrons. The van der Waals surface area contributed by atoms with Crippen molar-refractivity contribution in [1.29, 1.82) is 0 Å². The summed E-state index contributed by atoms with van der Waals surface area (Å²) in [5.74, 6) is 0. The minimum atomic E-state index is -4.52. The first-order valence-corrected chi connectivity index (χ1v) is 3.73. The van der Waals surface area contributed by atoms with Crippen molar-refractivity contribution in [2.75, 3.05) is 0 Å². The van der Waals surface area contributed by atoms with E-state index in [1.54, 1.807) is 0 Å². The Morgan fingerprint density at radius 1 is 1.40 bits per heavy atom. The molecule has 0 aliphatic heterocycles. The third-order valence-electron chi connectivity index (χ3n) is 0.577. The standard InChI is InChI=1S/C2H4N3O4P/c6-10(7,8)9-5-3-1-2-4-5/h1-2H,(H2,6,7,8). The SMILES string of the molecule is O=P(O)(O)On1nccn1. The van der Waals surface area contributed by atoms with E-state index >= 15 is 0 Å². The molecule has 0 unspecified atom stereocenters. The van der Waals surface area contributed by atoms with E-state index in [-0.39, 0.29) is 0 Å². The van der Waals surface area contributed by atoms with Crippen LogP contribution in [0.25, 0.3) is 0 Å². The largest absolute Gasteiger partial charge is 0.546 e. The molecule has 0 bridgehead atoms. The molecule has 1 heterocycles. The summed E-state index contributed by atoms with van der Waals surface area (Å²) in [6.07, 6.45) is 2.46. The lowest BCUT2D eigenvalue weighted by Gasteiger charge is -2.01. The van der Waals surface area contributed by atoms with Gasteiger partial charge in [0.15, 0.2) is 0 Å². The quantitative estimate of drug-likeness (QED) is 0.534. The molecule has 0 saturated heterocycles. The van der Waals surface area contributed by atoms with Crippen LogP contribution in [0, 0.1) is 0 Å². The van der Waals surface area contributed by atoms with Gasteiger partial charge in [0.2, 0.25) is 0 Å². The van der Waals surface area contributed by atoms with Gasteiger partial charge in [-0.25, -0.2) is 4.57 Å². The van der Waals surface area contributed by atoms with Crippen LogP contribution in [0.4, 0.5) is 0 Å². The Morgan fingerprint density at radius 3 is 2.30 bits per heavy atom. The zero-order chi connectivity index (χ0) is 7.61. The maximum absolute atomic E-state index is 10.1. The second-order valence-corrected chi connectivity index (χ2v) is 2.50. The van der Waals surface area contributed by atoms with Gasteiger partial charge < -0.3 is 0 Å². The molecule has 0 atom stereocenters. The number of hydrogen-bond acceptors (Lipinski definition) is 4. The van der Waals surface area contributed by atoms with Gasteiger partial charge in [0, 0.05) is 4.96 Å². The van der Waals surface area contributed by atoms with Gasteiger partial charge in [-0.1, -0.05) is 0 Å². The summed E-state index contributed by atoms with van der Waals surface area (Å²) < 4.78 is 14.0. The molecule has 0 fully saturated rings. The van der Waals surface area contributed by atoms with E-state index in [9.17, 15) is 4.57 Å². The fourth-order valence-electron chi connectivity index (χ4n) is 0.341. The van der Waals surface area contributed by atoms with Crippen LogP contribution in [0.3, 0.4) is 0 Å². The van der Waals surface area contributed by atoms with Gasteiger partial charge in [0.25, 0.3) is 0 Å². The van der Waals surface area contributed by atoms with Crippen LogP contribution in [-0.4, -0.2) is 24.9 Å². The fourth-order valence-corrected chi connectivity index (χ4v) is 0.615.